The number of para-hydroxylation sites is 2. The molecule has 0 heterocycles. The molecule has 0 unspecified atom stereocenters. The van der Waals surface area contributed by atoms with Crippen LogP contribution in [0.25, 0.3) is 0 Å². The highest BCUT2D eigenvalue weighted by atomic mass is 35.5. The average molecular weight is 573 g/mol. The second-order valence-corrected chi connectivity index (χ2v) is 11.4. The highest BCUT2D eigenvalue weighted by molar-refractivity contribution is 7.92. The number of hydrogen-bond acceptors (Lipinski definition) is 5. The molecule has 11 heteroatoms. The molecule has 2 aromatic rings. The quantitative estimate of drug-likeness (QED) is 0.369. The summed E-state index contributed by atoms with van der Waals surface area (Å²) in [6.07, 6.45) is 2.05. The number of rotatable bonds is 13. The maximum absolute atomic E-state index is 13.8. The zero-order valence-corrected chi connectivity index (χ0v) is 24.2. The van der Waals surface area contributed by atoms with Crippen LogP contribution in [0, 0.1) is 0 Å². The van der Waals surface area contributed by atoms with Gasteiger partial charge in [0, 0.05) is 22.6 Å². The van der Waals surface area contributed by atoms with Gasteiger partial charge in [-0.2, -0.15) is 0 Å². The van der Waals surface area contributed by atoms with Gasteiger partial charge in [0.25, 0.3) is 0 Å². The molecule has 204 valence electrons. The molecule has 1 N–H and O–H groups in total. The van der Waals surface area contributed by atoms with Crippen LogP contribution in [0.4, 0.5) is 5.69 Å². The lowest BCUT2D eigenvalue weighted by Crippen LogP contribution is -2.53. The number of halogens is 2. The Morgan fingerprint density at radius 1 is 1.05 bits per heavy atom. The Hall–Kier alpha value is -2.49. The zero-order chi connectivity index (χ0) is 27.8. The minimum Gasteiger partial charge on any atom is -0.492 e. The smallest absolute Gasteiger partial charge is 0.244 e. The Labute approximate surface area is 229 Å². The summed E-state index contributed by atoms with van der Waals surface area (Å²) in [6.45, 7) is 7.19. The molecule has 2 rings (SSSR count). The Kier molecular flexibility index (Phi) is 11.5. The van der Waals surface area contributed by atoms with Crippen LogP contribution in [0.5, 0.6) is 5.75 Å². The fraction of sp³-hybridized carbons (Fsp3) is 0.462. The fourth-order valence-electron chi connectivity index (χ4n) is 3.73. The Morgan fingerprint density at radius 2 is 1.73 bits per heavy atom. The van der Waals surface area contributed by atoms with Crippen molar-refractivity contribution in [3.63, 3.8) is 0 Å². The van der Waals surface area contributed by atoms with Crippen LogP contribution in [0.15, 0.2) is 42.5 Å². The highest BCUT2D eigenvalue weighted by Crippen LogP contribution is 2.30. The molecule has 0 aromatic heterocycles. The summed E-state index contributed by atoms with van der Waals surface area (Å²) in [6, 6.07) is 10.5. The van der Waals surface area contributed by atoms with Gasteiger partial charge in [-0.3, -0.25) is 13.9 Å². The lowest BCUT2D eigenvalue weighted by Gasteiger charge is -2.33. The number of carbonyl (C=O) groups is 2. The number of ether oxygens (including phenoxy) is 1. The fourth-order valence-corrected chi connectivity index (χ4v) is 5.05. The van der Waals surface area contributed by atoms with E-state index in [1.165, 1.54) is 4.90 Å². The van der Waals surface area contributed by atoms with Crippen LogP contribution < -0.4 is 14.4 Å². The Balaban J connectivity index is 2.52. The molecule has 8 nitrogen and oxygen atoms in total. The number of benzene rings is 2. The van der Waals surface area contributed by atoms with Gasteiger partial charge in [-0.05, 0) is 56.5 Å². The lowest BCUT2D eigenvalue weighted by atomic mass is 10.1. The van der Waals surface area contributed by atoms with Crippen molar-refractivity contribution in [2.24, 2.45) is 0 Å². The van der Waals surface area contributed by atoms with E-state index in [0.717, 1.165) is 17.0 Å². The zero-order valence-electron chi connectivity index (χ0n) is 21.8. The first-order chi connectivity index (χ1) is 17.4. The topological polar surface area (TPSA) is 96.0 Å². The van der Waals surface area contributed by atoms with Crippen molar-refractivity contribution in [1.29, 1.82) is 0 Å². The summed E-state index contributed by atoms with van der Waals surface area (Å²) >= 11 is 12.4. The number of anilines is 1. The number of sulfonamides is 1. The van der Waals surface area contributed by atoms with Gasteiger partial charge in [-0.1, -0.05) is 55.2 Å². The van der Waals surface area contributed by atoms with Crippen LogP contribution in [0.3, 0.4) is 0 Å². The van der Waals surface area contributed by atoms with Gasteiger partial charge in [-0.25, -0.2) is 8.42 Å². The Morgan fingerprint density at radius 3 is 2.30 bits per heavy atom. The van der Waals surface area contributed by atoms with E-state index in [-0.39, 0.29) is 24.2 Å². The first-order valence-corrected chi connectivity index (χ1v) is 14.8. The molecule has 0 bridgehead atoms. The summed E-state index contributed by atoms with van der Waals surface area (Å²) in [5.41, 5.74) is 0.816. The molecular weight excluding hydrogens is 537 g/mol. The molecule has 37 heavy (non-hydrogen) atoms. The molecule has 2 amide bonds. The molecule has 0 fully saturated rings. The van der Waals surface area contributed by atoms with Crippen molar-refractivity contribution in [2.75, 3.05) is 23.7 Å². The van der Waals surface area contributed by atoms with Gasteiger partial charge in [-0.15, -0.1) is 0 Å². The minimum absolute atomic E-state index is 0.00796. The first kappa shape index (κ1) is 30.7. The molecule has 0 saturated carbocycles. The second-order valence-electron chi connectivity index (χ2n) is 8.67. The van der Waals surface area contributed by atoms with E-state index in [1.54, 1.807) is 56.3 Å². The monoisotopic (exact) mass is 571 g/mol. The number of nitrogens with zero attached hydrogens (tertiary/aromatic N) is 2. The number of carbonyl (C=O) groups excluding carboxylic acids is 2. The van der Waals surface area contributed by atoms with Crippen LogP contribution in [0.1, 0.15) is 46.1 Å². The van der Waals surface area contributed by atoms with Crippen LogP contribution in [-0.4, -0.2) is 56.6 Å². The van der Waals surface area contributed by atoms with Gasteiger partial charge in [0.1, 0.15) is 18.3 Å². The molecule has 0 aliphatic carbocycles. The highest BCUT2D eigenvalue weighted by Gasteiger charge is 2.33. The first-order valence-electron chi connectivity index (χ1n) is 12.2. The predicted octanol–water partition coefficient (Wildman–Crippen LogP) is 4.88. The van der Waals surface area contributed by atoms with Crippen LogP contribution in [-0.2, 0) is 26.2 Å². The van der Waals surface area contributed by atoms with Gasteiger partial charge in [0.15, 0.2) is 0 Å². The molecule has 0 aliphatic heterocycles. The van der Waals surface area contributed by atoms with E-state index < -0.39 is 28.5 Å². The van der Waals surface area contributed by atoms with Crippen molar-refractivity contribution in [3.8, 4) is 5.75 Å². The summed E-state index contributed by atoms with van der Waals surface area (Å²) in [5, 5.41) is 3.70. The third-order valence-corrected chi connectivity index (χ3v) is 7.57. The average Bonchev–Trinajstić information content (AvgIpc) is 2.83. The van der Waals surface area contributed by atoms with Crippen molar-refractivity contribution >= 4 is 50.7 Å². The molecular formula is C26H35Cl2N3O5S. The van der Waals surface area contributed by atoms with Gasteiger partial charge in [0.2, 0.25) is 21.8 Å². The van der Waals surface area contributed by atoms with E-state index in [4.69, 9.17) is 27.9 Å². The Bertz CT molecular complexity index is 1190. The van der Waals surface area contributed by atoms with Crippen LogP contribution in [0.2, 0.25) is 10.0 Å². The predicted molar refractivity (Wildman–Crippen MR) is 149 cm³/mol. The molecule has 2 aromatic carbocycles. The second kappa shape index (κ2) is 13.9. The molecule has 0 aliphatic rings. The molecule has 0 saturated heterocycles. The van der Waals surface area contributed by atoms with E-state index in [9.17, 15) is 18.0 Å². The van der Waals surface area contributed by atoms with E-state index in [2.05, 4.69) is 5.32 Å². The molecule has 2 atom stereocenters. The van der Waals surface area contributed by atoms with Crippen LogP contribution >= 0.6 is 23.2 Å². The third-order valence-electron chi connectivity index (χ3n) is 5.86. The van der Waals surface area contributed by atoms with Gasteiger partial charge in [0.05, 0.1) is 18.6 Å². The van der Waals surface area contributed by atoms with Crippen molar-refractivity contribution < 1.29 is 22.7 Å². The van der Waals surface area contributed by atoms with Crippen molar-refractivity contribution in [1.82, 2.24) is 10.2 Å². The third kappa shape index (κ3) is 8.51. The molecule has 0 radical (unpaired) electrons. The summed E-state index contributed by atoms with van der Waals surface area (Å²) < 4.78 is 32.3. The van der Waals surface area contributed by atoms with Crippen molar-refractivity contribution in [3.05, 3.63) is 58.1 Å². The van der Waals surface area contributed by atoms with E-state index in [1.807, 2.05) is 13.8 Å². The minimum atomic E-state index is -3.89. The lowest BCUT2D eigenvalue weighted by molar-refractivity contribution is -0.140. The van der Waals surface area contributed by atoms with Gasteiger partial charge < -0.3 is 15.0 Å². The maximum Gasteiger partial charge on any atom is 0.244 e. The van der Waals surface area contributed by atoms with E-state index >= 15 is 0 Å². The van der Waals surface area contributed by atoms with E-state index in [0.29, 0.717) is 34.4 Å². The summed E-state index contributed by atoms with van der Waals surface area (Å²) in [7, 11) is -3.89. The standard InChI is InChI=1S/C26H35Cl2N3O5S/c1-6-18(4)29-26(33)22(7-2)30(16-19-13-14-20(27)15-21(19)28)25(32)17-31(37(5,34)35)23-11-9-10-12-24(23)36-8-3/h9-15,18,22H,6-8,16-17H2,1-5H3,(H,29,33)/t18-,22-/m1/s1. The van der Waals surface area contributed by atoms with Crippen molar-refractivity contribution in [2.45, 2.75) is 59.2 Å². The number of hydrogen-bond donors (Lipinski definition) is 1. The number of amides is 2. The SMILES string of the molecule is CCOc1ccccc1N(CC(=O)N(Cc1ccc(Cl)cc1Cl)[C@H](CC)C(=O)N[C@H](C)CC)S(C)(=O)=O. The number of nitrogens with one attached hydrogen (secondary N) is 1. The summed E-state index contributed by atoms with van der Waals surface area (Å²) in [4.78, 5) is 28.4. The normalized spacial score (nSPS) is 12.9. The maximum atomic E-state index is 13.8. The van der Waals surface area contributed by atoms with Gasteiger partial charge >= 0.3 is 0 Å². The molecule has 0 spiro atoms. The summed E-state index contributed by atoms with van der Waals surface area (Å²) in [5.74, 6) is -0.554. The largest absolute Gasteiger partial charge is 0.492 e.